The average molecular weight is 291 g/mol. The van der Waals surface area contributed by atoms with E-state index >= 15 is 0 Å². The van der Waals surface area contributed by atoms with Gasteiger partial charge in [0, 0.05) is 0 Å². The molecule has 0 saturated heterocycles. The molecule has 0 nitrogen and oxygen atoms in total. The Morgan fingerprint density at radius 3 is 2.62 bits per heavy atom. The van der Waals surface area contributed by atoms with E-state index in [2.05, 4.69) is 51.2 Å². The molecule has 2 aliphatic carbocycles. The van der Waals surface area contributed by atoms with E-state index < -0.39 is 0 Å². The molecule has 0 bridgehead atoms. The summed E-state index contributed by atoms with van der Waals surface area (Å²) < 4.78 is 1.51. The van der Waals surface area contributed by atoms with Gasteiger partial charge in [-0.2, -0.15) is 11.6 Å². The summed E-state index contributed by atoms with van der Waals surface area (Å²) >= 11 is 1.55. The van der Waals surface area contributed by atoms with Crippen molar-refractivity contribution in [2.45, 2.75) is 40.0 Å². The van der Waals surface area contributed by atoms with Gasteiger partial charge in [-0.3, -0.25) is 6.08 Å². The Morgan fingerprint density at radius 2 is 2.12 bits per heavy atom. The van der Waals surface area contributed by atoms with Gasteiger partial charge in [0.05, 0.1) is 0 Å². The fraction of sp³-hybridized carbons (Fsp3) is 0.400. The molecule has 0 fully saturated rings. The molecule has 0 aliphatic heterocycles. The van der Waals surface area contributed by atoms with Gasteiger partial charge < -0.3 is 0 Å². The van der Waals surface area contributed by atoms with Crippen LogP contribution in [0.3, 0.4) is 0 Å². The Kier molecular flexibility index (Phi) is 6.13. The van der Waals surface area contributed by atoms with Gasteiger partial charge in [-0.25, -0.2) is 5.57 Å². The van der Waals surface area contributed by atoms with Crippen LogP contribution in [-0.4, -0.2) is 3.21 Å². The Bertz CT molecular complexity index is 374. The summed E-state index contributed by atoms with van der Waals surface area (Å²) in [5, 5.41) is 0. The molecule has 0 unspecified atom stereocenters. The van der Waals surface area contributed by atoms with Crippen LogP contribution in [0.4, 0.5) is 0 Å². The maximum absolute atomic E-state index is 3.39. The molecule has 1 heteroatoms. The first-order valence-corrected chi connectivity index (χ1v) is 7.06. The summed E-state index contributed by atoms with van der Waals surface area (Å²) in [5.74, 6) is 0. The molecular weight excluding hydrogens is 271 g/mol. The van der Waals surface area contributed by atoms with Crippen LogP contribution >= 0.6 is 0 Å². The molecule has 0 saturated carbocycles. The van der Waals surface area contributed by atoms with E-state index in [0.29, 0.717) is 0 Å². The minimum atomic E-state index is 1.01. The van der Waals surface area contributed by atoms with Gasteiger partial charge in [-0.1, -0.05) is 31.6 Å². The van der Waals surface area contributed by atoms with Crippen molar-refractivity contribution < 1.29 is 24.2 Å². The van der Waals surface area contributed by atoms with Crippen LogP contribution in [0, 0.1) is 6.08 Å². The molecular formula is C15H19Zr-. The second kappa shape index (κ2) is 7.12. The number of rotatable bonds is 2. The molecule has 16 heavy (non-hydrogen) atoms. The summed E-state index contributed by atoms with van der Waals surface area (Å²) in [6.45, 7) is 6.45. The third-order valence-electron chi connectivity index (χ3n) is 2.42. The molecule has 0 aromatic rings. The van der Waals surface area contributed by atoms with E-state index in [9.17, 15) is 0 Å². The molecule has 0 aromatic carbocycles. The van der Waals surface area contributed by atoms with E-state index in [1.807, 2.05) is 0 Å². The standard InChI is InChI=1S/C12H13.C3H6.Zr/c1-2-10-8-5-9-12(10)11-6-3-4-7-11;1-3-2;/h3-4,6,9H,2,5,7H2,1H3;1-2H3;/q-1;;. The van der Waals surface area contributed by atoms with Crippen molar-refractivity contribution in [1.29, 1.82) is 0 Å². The minimum absolute atomic E-state index is 1.01. The van der Waals surface area contributed by atoms with Crippen LogP contribution in [0.25, 0.3) is 0 Å². The molecule has 0 radical (unpaired) electrons. The van der Waals surface area contributed by atoms with E-state index in [0.717, 1.165) is 19.3 Å². The van der Waals surface area contributed by atoms with E-state index in [1.54, 1.807) is 24.2 Å². The first-order valence-electron chi connectivity index (χ1n) is 5.83. The average Bonchev–Trinajstić information content (AvgIpc) is 2.87. The first kappa shape index (κ1) is 13.8. The second-order valence-electron chi connectivity index (χ2n) is 4.15. The first-order chi connectivity index (χ1) is 7.65. The predicted molar refractivity (Wildman–Crippen MR) is 67.9 cm³/mol. The van der Waals surface area contributed by atoms with Crippen molar-refractivity contribution >= 4 is 3.21 Å². The molecule has 0 aromatic heterocycles. The predicted octanol–water partition coefficient (Wildman–Crippen LogP) is 4.09. The number of hydrogen-bond donors (Lipinski definition) is 0. The van der Waals surface area contributed by atoms with E-state index in [1.165, 1.54) is 19.9 Å². The number of allylic oxidation sites excluding steroid dienone is 8. The van der Waals surface area contributed by atoms with Crippen LogP contribution in [0.5, 0.6) is 0 Å². The van der Waals surface area contributed by atoms with Gasteiger partial charge in [0.25, 0.3) is 0 Å². The van der Waals surface area contributed by atoms with Gasteiger partial charge in [-0.15, -0.1) is 12.0 Å². The normalized spacial score (nSPS) is 17.2. The summed E-state index contributed by atoms with van der Waals surface area (Å²) in [6, 6.07) is 0. The second-order valence-corrected chi connectivity index (χ2v) is 6.61. The zero-order chi connectivity index (χ0) is 12.0. The number of hydrogen-bond acceptors (Lipinski definition) is 0. The van der Waals surface area contributed by atoms with Crippen LogP contribution < -0.4 is 0 Å². The van der Waals surface area contributed by atoms with Gasteiger partial charge in [-0.05, 0) is 6.42 Å². The molecule has 0 N–H and O–H groups in total. The van der Waals surface area contributed by atoms with Gasteiger partial charge >= 0.3 is 41.3 Å². The van der Waals surface area contributed by atoms with Crippen LogP contribution in [-0.2, 0) is 24.2 Å². The fourth-order valence-corrected chi connectivity index (χ4v) is 1.78. The van der Waals surface area contributed by atoms with Crippen LogP contribution in [0.2, 0.25) is 0 Å². The molecule has 2 rings (SSSR count). The molecule has 0 heterocycles. The Hall–Kier alpha value is -0.287. The van der Waals surface area contributed by atoms with Crippen molar-refractivity contribution in [3.8, 4) is 0 Å². The molecule has 84 valence electrons. The van der Waals surface area contributed by atoms with Gasteiger partial charge in [0.1, 0.15) is 0 Å². The molecule has 0 atom stereocenters. The Balaban J connectivity index is 0.000000280. The zero-order valence-corrected chi connectivity index (χ0v) is 12.9. The van der Waals surface area contributed by atoms with Gasteiger partial charge in [0.2, 0.25) is 0 Å². The quantitative estimate of drug-likeness (QED) is 0.672. The molecule has 2 aliphatic rings. The molecule has 0 amide bonds. The van der Waals surface area contributed by atoms with Crippen molar-refractivity contribution in [2.75, 3.05) is 0 Å². The van der Waals surface area contributed by atoms with Crippen molar-refractivity contribution in [3.05, 3.63) is 47.1 Å². The monoisotopic (exact) mass is 289 g/mol. The summed E-state index contributed by atoms with van der Waals surface area (Å²) in [7, 11) is 0. The van der Waals surface area contributed by atoms with Gasteiger partial charge in [0.15, 0.2) is 0 Å². The van der Waals surface area contributed by atoms with Crippen LogP contribution in [0.1, 0.15) is 40.0 Å². The summed E-state index contributed by atoms with van der Waals surface area (Å²) in [4.78, 5) is 0. The Morgan fingerprint density at radius 1 is 1.44 bits per heavy atom. The van der Waals surface area contributed by atoms with E-state index in [-0.39, 0.29) is 0 Å². The van der Waals surface area contributed by atoms with Crippen molar-refractivity contribution in [1.82, 2.24) is 0 Å². The SMILES string of the molecule is CCC1=[C-]CC=C1C1=CC=CC1.C[C](C)=[Zr]. The summed E-state index contributed by atoms with van der Waals surface area (Å²) in [5.41, 5.74) is 4.32. The Labute approximate surface area is 114 Å². The molecule has 0 spiro atoms. The van der Waals surface area contributed by atoms with E-state index in [4.69, 9.17) is 0 Å². The van der Waals surface area contributed by atoms with Crippen molar-refractivity contribution in [2.24, 2.45) is 0 Å². The zero-order valence-electron chi connectivity index (χ0n) is 10.4. The fourth-order valence-electron chi connectivity index (χ4n) is 1.78. The third-order valence-corrected chi connectivity index (χ3v) is 2.42. The maximum atomic E-state index is 3.39. The van der Waals surface area contributed by atoms with Crippen LogP contribution in [0.15, 0.2) is 41.0 Å². The van der Waals surface area contributed by atoms with Crippen molar-refractivity contribution in [3.63, 3.8) is 0 Å². The third kappa shape index (κ3) is 4.30. The topological polar surface area (TPSA) is 0 Å². The summed E-state index contributed by atoms with van der Waals surface area (Å²) in [6.07, 6.45) is 15.5.